The van der Waals surface area contributed by atoms with Crippen LogP contribution in [0.4, 0.5) is 0 Å². The lowest BCUT2D eigenvalue weighted by Crippen LogP contribution is -2.38. The van der Waals surface area contributed by atoms with Gasteiger partial charge in [0, 0.05) is 19.0 Å². The number of nitrogens with one attached hydrogen (secondary N) is 1. The lowest BCUT2D eigenvalue weighted by atomic mass is 10.6. The van der Waals surface area contributed by atoms with Crippen LogP contribution in [-0.4, -0.2) is 38.5 Å². The maximum absolute atomic E-state index is 11.2. The summed E-state index contributed by atoms with van der Waals surface area (Å²) in [6, 6.07) is 0. The lowest BCUT2D eigenvalue weighted by Gasteiger charge is -2.12. The topological polar surface area (TPSA) is 72.2 Å². The highest BCUT2D eigenvalue weighted by Crippen LogP contribution is 1.98. The average molecular weight is 215 g/mol. The van der Waals surface area contributed by atoms with Gasteiger partial charge >= 0.3 is 0 Å². The standard InChI is InChI=1S/C6H15ClN2O2S/c1-6(9-4-3-8)12(10,11)5-2-7/h6,9H,2-5,8H2,1H3. The normalized spacial score (nSPS) is 14.6. The molecule has 0 bridgehead atoms. The Labute approximate surface area is 78.4 Å². The van der Waals surface area contributed by atoms with Crippen molar-refractivity contribution < 1.29 is 8.42 Å². The van der Waals surface area contributed by atoms with Gasteiger partial charge in [0.2, 0.25) is 0 Å². The molecule has 12 heavy (non-hydrogen) atoms. The molecule has 1 atom stereocenters. The van der Waals surface area contributed by atoms with Gasteiger partial charge < -0.3 is 11.1 Å². The van der Waals surface area contributed by atoms with Gasteiger partial charge in [0.25, 0.3) is 0 Å². The molecule has 0 spiro atoms. The van der Waals surface area contributed by atoms with Gasteiger partial charge in [-0.2, -0.15) is 0 Å². The van der Waals surface area contributed by atoms with Crippen LogP contribution in [0.1, 0.15) is 6.92 Å². The Morgan fingerprint density at radius 3 is 2.58 bits per heavy atom. The summed E-state index contributed by atoms with van der Waals surface area (Å²) in [6.07, 6.45) is 0. The van der Waals surface area contributed by atoms with E-state index in [0.717, 1.165) is 0 Å². The fourth-order valence-corrected chi connectivity index (χ4v) is 2.28. The zero-order valence-corrected chi connectivity index (χ0v) is 8.66. The molecule has 0 aliphatic rings. The Morgan fingerprint density at radius 2 is 2.17 bits per heavy atom. The average Bonchev–Trinajstić information content (AvgIpc) is 2.00. The molecule has 0 amide bonds. The van der Waals surface area contributed by atoms with Gasteiger partial charge in [-0.25, -0.2) is 8.42 Å². The van der Waals surface area contributed by atoms with Crippen molar-refractivity contribution in [2.75, 3.05) is 24.7 Å². The Balaban J connectivity index is 3.98. The van der Waals surface area contributed by atoms with Gasteiger partial charge in [0.05, 0.1) is 5.75 Å². The van der Waals surface area contributed by atoms with Crippen molar-refractivity contribution in [3.63, 3.8) is 0 Å². The van der Waals surface area contributed by atoms with Gasteiger partial charge in [-0.15, -0.1) is 11.6 Å². The van der Waals surface area contributed by atoms with E-state index in [4.69, 9.17) is 17.3 Å². The van der Waals surface area contributed by atoms with Crippen molar-refractivity contribution in [2.45, 2.75) is 12.3 Å². The van der Waals surface area contributed by atoms with Crippen molar-refractivity contribution in [3.8, 4) is 0 Å². The minimum atomic E-state index is -3.08. The van der Waals surface area contributed by atoms with E-state index in [2.05, 4.69) is 5.32 Å². The third-order valence-electron chi connectivity index (χ3n) is 1.48. The second-order valence-corrected chi connectivity index (χ2v) is 5.26. The second kappa shape index (κ2) is 5.75. The van der Waals surface area contributed by atoms with Crippen molar-refractivity contribution in [2.24, 2.45) is 5.73 Å². The molecule has 0 aromatic rings. The molecule has 1 unspecified atom stereocenters. The summed E-state index contributed by atoms with van der Waals surface area (Å²) in [5.41, 5.74) is 5.21. The van der Waals surface area contributed by atoms with Crippen molar-refractivity contribution in [1.29, 1.82) is 0 Å². The molecule has 0 saturated heterocycles. The maximum Gasteiger partial charge on any atom is 0.167 e. The zero-order valence-electron chi connectivity index (χ0n) is 7.09. The SMILES string of the molecule is CC(NCCN)S(=O)(=O)CCCl. The van der Waals surface area contributed by atoms with Gasteiger partial charge in [-0.3, -0.25) is 0 Å². The Bertz CT molecular complexity index is 206. The predicted octanol–water partition coefficient (Wildman–Crippen LogP) is -0.466. The Hall–Kier alpha value is 0.160. The minimum absolute atomic E-state index is 0.00724. The summed E-state index contributed by atoms with van der Waals surface area (Å²) in [4.78, 5) is 0. The summed E-state index contributed by atoms with van der Waals surface area (Å²) in [5.74, 6) is 0.143. The maximum atomic E-state index is 11.2. The molecule has 0 saturated carbocycles. The highest BCUT2D eigenvalue weighted by Gasteiger charge is 2.18. The van der Waals surface area contributed by atoms with Crippen LogP contribution in [0.3, 0.4) is 0 Å². The number of sulfone groups is 1. The number of nitrogens with two attached hydrogens (primary N) is 1. The summed E-state index contributed by atoms with van der Waals surface area (Å²) in [5, 5.41) is 2.23. The number of hydrogen-bond donors (Lipinski definition) is 2. The summed E-state index contributed by atoms with van der Waals surface area (Å²) < 4.78 is 22.5. The number of hydrogen-bond acceptors (Lipinski definition) is 4. The van der Waals surface area contributed by atoms with Crippen LogP contribution < -0.4 is 11.1 Å². The summed E-state index contributed by atoms with van der Waals surface area (Å²) in [7, 11) is -3.08. The molecule has 0 fully saturated rings. The fourth-order valence-electron chi connectivity index (χ4n) is 0.698. The molecular weight excluding hydrogens is 200 g/mol. The predicted molar refractivity (Wildman–Crippen MR) is 51.0 cm³/mol. The van der Waals surface area contributed by atoms with E-state index in [0.29, 0.717) is 13.1 Å². The lowest BCUT2D eigenvalue weighted by molar-refractivity contribution is 0.562. The molecule has 3 N–H and O–H groups in total. The molecule has 0 radical (unpaired) electrons. The van der Waals surface area contributed by atoms with Crippen LogP contribution in [0.2, 0.25) is 0 Å². The number of alkyl halides is 1. The molecule has 0 aliphatic carbocycles. The molecular formula is C6H15ClN2O2S. The van der Waals surface area contributed by atoms with Crippen molar-refractivity contribution >= 4 is 21.4 Å². The first kappa shape index (κ1) is 12.2. The molecule has 74 valence electrons. The van der Waals surface area contributed by atoms with Crippen LogP contribution in [-0.2, 0) is 9.84 Å². The molecule has 6 heteroatoms. The molecule has 0 rings (SSSR count). The van der Waals surface area contributed by atoms with Crippen LogP contribution in [0.25, 0.3) is 0 Å². The van der Waals surface area contributed by atoms with Gasteiger partial charge in [-0.1, -0.05) is 0 Å². The fraction of sp³-hybridized carbons (Fsp3) is 1.00. The smallest absolute Gasteiger partial charge is 0.167 e. The van der Waals surface area contributed by atoms with E-state index in [1.54, 1.807) is 6.92 Å². The second-order valence-electron chi connectivity index (χ2n) is 2.44. The van der Waals surface area contributed by atoms with E-state index < -0.39 is 15.2 Å². The quantitative estimate of drug-likeness (QED) is 0.587. The first-order chi connectivity index (χ1) is 5.54. The molecule has 0 aromatic carbocycles. The van der Waals surface area contributed by atoms with E-state index >= 15 is 0 Å². The third kappa shape index (κ3) is 4.25. The highest BCUT2D eigenvalue weighted by molar-refractivity contribution is 7.92. The van der Waals surface area contributed by atoms with Crippen molar-refractivity contribution in [1.82, 2.24) is 5.32 Å². The number of halogens is 1. The minimum Gasteiger partial charge on any atom is -0.329 e. The van der Waals surface area contributed by atoms with Crippen LogP contribution in [0, 0.1) is 0 Å². The van der Waals surface area contributed by atoms with Crippen LogP contribution >= 0.6 is 11.6 Å². The van der Waals surface area contributed by atoms with E-state index in [1.165, 1.54) is 0 Å². The molecule has 0 aliphatic heterocycles. The van der Waals surface area contributed by atoms with Crippen molar-refractivity contribution in [3.05, 3.63) is 0 Å². The molecule has 4 nitrogen and oxygen atoms in total. The van der Waals surface area contributed by atoms with Crippen LogP contribution in [0.5, 0.6) is 0 Å². The summed E-state index contributed by atoms with van der Waals surface area (Å²) in [6.45, 7) is 2.53. The molecule has 0 aromatic heterocycles. The molecule has 0 heterocycles. The first-order valence-electron chi connectivity index (χ1n) is 3.75. The van der Waals surface area contributed by atoms with Gasteiger partial charge in [0.15, 0.2) is 9.84 Å². The monoisotopic (exact) mass is 214 g/mol. The summed E-state index contributed by atoms with van der Waals surface area (Å²) >= 11 is 5.33. The highest BCUT2D eigenvalue weighted by atomic mass is 35.5. The zero-order chi connectivity index (χ0) is 9.61. The largest absolute Gasteiger partial charge is 0.329 e. The Morgan fingerprint density at radius 1 is 1.58 bits per heavy atom. The first-order valence-corrected chi connectivity index (χ1v) is 6.00. The Kier molecular flexibility index (Phi) is 5.82. The third-order valence-corrected chi connectivity index (χ3v) is 3.91. The van der Waals surface area contributed by atoms with E-state index in [9.17, 15) is 8.42 Å². The van der Waals surface area contributed by atoms with Gasteiger partial charge in [0.1, 0.15) is 5.37 Å². The van der Waals surface area contributed by atoms with Crippen LogP contribution in [0.15, 0.2) is 0 Å². The van der Waals surface area contributed by atoms with E-state index in [1.807, 2.05) is 0 Å². The van der Waals surface area contributed by atoms with Gasteiger partial charge in [-0.05, 0) is 6.92 Å². The number of rotatable bonds is 6. The van der Waals surface area contributed by atoms with E-state index in [-0.39, 0.29) is 11.6 Å².